The van der Waals surface area contributed by atoms with E-state index in [1.807, 2.05) is 6.07 Å². The van der Waals surface area contributed by atoms with E-state index in [0.29, 0.717) is 5.56 Å². The van der Waals surface area contributed by atoms with Crippen molar-refractivity contribution in [3.8, 4) is 5.75 Å². The van der Waals surface area contributed by atoms with E-state index in [9.17, 15) is 9.90 Å². The van der Waals surface area contributed by atoms with Crippen LogP contribution in [0.1, 0.15) is 30.0 Å². The monoisotopic (exact) mass is 301 g/mol. The lowest BCUT2D eigenvalue weighted by Crippen LogP contribution is -2.21. The van der Waals surface area contributed by atoms with Crippen LogP contribution in [0, 0.1) is 0 Å². The molecule has 6 nitrogen and oxygen atoms in total. The Labute approximate surface area is 129 Å². The molecule has 0 bridgehead atoms. The number of nitrogens with one attached hydrogen (secondary N) is 1. The Balaban J connectivity index is 2.04. The number of anilines is 1. The normalized spacial score (nSPS) is 10.8. The van der Waals surface area contributed by atoms with Gasteiger partial charge in [-0.05, 0) is 38.1 Å². The van der Waals surface area contributed by atoms with Gasteiger partial charge in [-0.1, -0.05) is 0 Å². The number of hydrogen-bond donors (Lipinski definition) is 2. The van der Waals surface area contributed by atoms with Crippen molar-refractivity contribution in [2.45, 2.75) is 13.8 Å². The number of phenolic OH excluding ortho intramolecular Hbond substituents is 1. The molecule has 0 aliphatic carbocycles. The Bertz CT molecular complexity index is 647. The third-order valence-electron chi connectivity index (χ3n) is 3.26. The summed E-state index contributed by atoms with van der Waals surface area (Å²) < 4.78 is 4.95. The number of nitrogens with zero attached hydrogens (tertiary/aromatic N) is 2. The molecule has 2 N–H and O–H groups in total. The molecule has 0 saturated heterocycles. The third kappa shape index (κ3) is 3.66. The van der Waals surface area contributed by atoms with E-state index in [-0.39, 0.29) is 11.5 Å². The number of amides is 1. The molecule has 1 heterocycles. The smallest absolute Gasteiger partial charge is 0.307 e. The van der Waals surface area contributed by atoms with Gasteiger partial charge in [0.05, 0.1) is 12.5 Å². The van der Waals surface area contributed by atoms with Crippen LogP contribution in [0.2, 0.25) is 0 Å². The largest absolute Gasteiger partial charge is 0.507 e. The van der Waals surface area contributed by atoms with Crippen molar-refractivity contribution in [2.75, 3.05) is 18.0 Å². The predicted octanol–water partition coefficient (Wildman–Crippen LogP) is 2.60. The molecule has 0 fully saturated rings. The SMILES string of the molecule is CCN(CC)c1ccc(/C=N/NC(=O)c2ccco2)c(O)c1. The van der Waals surface area contributed by atoms with E-state index in [1.165, 1.54) is 12.5 Å². The summed E-state index contributed by atoms with van der Waals surface area (Å²) >= 11 is 0. The summed E-state index contributed by atoms with van der Waals surface area (Å²) in [6.45, 7) is 5.84. The number of benzene rings is 1. The number of carbonyl (C=O) groups is 1. The summed E-state index contributed by atoms with van der Waals surface area (Å²) in [7, 11) is 0. The Morgan fingerprint density at radius 1 is 1.36 bits per heavy atom. The average molecular weight is 301 g/mol. The van der Waals surface area contributed by atoms with Crippen LogP contribution in [0.5, 0.6) is 5.75 Å². The van der Waals surface area contributed by atoms with Gasteiger partial charge in [-0.2, -0.15) is 5.10 Å². The van der Waals surface area contributed by atoms with Gasteiger partial charge in [0.15, 0.2) is 5.76 Å². The highest BCUT2D eigenvalue weighted by Gasteiger charge is 2.07. The predicted molar refractivity (Wildman–Crippen MR) is 85.4 cm³/mol. The Morgan fingerprint density at radius 3 is 2.73 bits per heavy atom. The van der Waals surface area contributed by atoms with E-state index in [2.05, 4.69) is 29.3 Å². The minimum absolute atomic E-state index is 0.111. The third-order valence-corrected chi connectivity index (χ3v) is 3.26. The molecule has 1 aromatic heterocycles. The molecular formula is C16H19N3O3. The molecule has 0 saturated carbocycles. The fourth-order valence-electron chi connectivity index (χ4n) is 2.05. The zero-order valence-electron chi connectivity index (χ0n) is 12.6. The molecule has 1 amide bonds. The molecule has 0 aliphatic heterocycles. The van der Waals surface area contributed by atoms with Gasteiger partial charge in [-0.3, -0.25) is 4.79 Å². The lowest BCUT2D eigenvalue weighted by atomic mass is 10.2. The van der Waals surface area contributed by atoms with Gasteiger partial charge in [0, 0.05) is 30.4 Å². The Kier molecular flexibility index (Phi) is 5.19. The van der Waals surface area contributed by atoms with E-state index in [0.717, 1.165) is 18.8 Å². The number of hydrazone groups is 1. The van der Waals surface area contributed by atoms with Gasteiger partial charge >= 0.3 is 5.91 Å². The van der Waals surface area contributed by atoms with Gasteiger partial charge in [-0.15, -0.1) is 0 Å². The molecule has 0 radical (unpaired) electrons. The van der Waals surface area contributed by atoms with Crippen molar-refractivity contribution in [3.63, 3.8) is 0 Å². The first kappa shape index (κ1) is 15.6. The molecule has 0 aliphatic rings. The Morgan fingerprint density at radius 2 is 2.14 bits per heavy atom. The summed E-state index contributed by atoms with van der Waals surface area (Å²) in [5.41, 5.74) is 3.80. The lowest BCUT2D eigenvalue weighted by molar-refractivity contribution is 0.0927. The molecule has 1 aromatic carbocycles. The molecular weight excluding hydrogens is 282 g/mol. The molecule has 0 unspecified atom stereocenters. The van der Waals surface area contributed by atoms with Crippen LogP contribution in [0.3, 0.4) is 0 Å². The number of carbonyl (C=O) groups excluding carboxylic acids is 1. The van der Waals surface area contributed by atoms with Crippen molar-refractivity contribution in [3.05, 3.63) is 47.9 Å². The van der Waals surface area contributed by atoms with Crippen LogP contribution >= 0.6 is 0 Å². The van der Waals surface area contributed by atoms with Gasteiger partial charge < -0.3 is 14.4 Å². The maximum Gasteiger partial charge on any atom is 0.307 e. The summed E-state index contributed by atoms with van der Waals surface area (Å²) in [6.07, 6.45) is 2.80. The van der Waals surface area contributed by atoms with E-state index in [4.69, 9.17) is 4.42 Å². The lowest BCUT2D eigenvalue weighted by Gasteiger charge is -2.21. The first-order valence-electron chi connectivity index (χ1n) is 7.10. The fourth-order valence-corrected chi connectivity index (χ4v) is 2.05. The van der Waals surface area contributed by atoms with Crippen LogP contribution in [0.4, 0.5) is 5.69 Å². The molecule has 116 valence electrons. The van der Waals surface area contributed by atoms with Crippen molar-refractivity contribution < 1.29 is 14.3 Å². The van der Waals surface area contributed by atoms with E-state index in [1.54, 1.807) is 24.3 Å². The second-order valence-corrected chi connectivity index (χ2v) is 4.59. The second-order valence-electron chi connectivity index (χ2n) is 4.59. The standard InChI is InChI=1S/C16H19N3O3/c1-3-19(4-2)13-8-7-12(14(20)10-13)11-17-18-16(21)15-6-5-9-22-15/h5-11,20H,3-4H2,1-2H3,(H,18,21)/b17-11+. The van der Waals surface area contributed by atoms with Gasteiger partial charge in [-0.25, -0.2) is 5.43 Å². The topological polar surface area (TPSA) is 78.1 Å². The van der Waals surface area contributed by atoms with Crippen molar-refractivity contribution >= 4 is 17.8 Å². The highest BCUT2D eigenvalue weighted by Crippen LogP contribution is 2.23. The zero-order chi connectivity index (χ0) is 15.9. The van der Waals surface area contributed by atoms with Crippen LogP contribution in [-0.4, -0.2) is 30.3 Å². The quantitative estimate of drug-likeness (QED) is 0.635. The van der Waals surface area contributed by atoms with E-state index < -0.39 is 5.91 Å². The fraction of sp³-hybridized carbons (Fsp3) is 0.250. The molecule has 2 rings (SSSR count). The van der Waals surface area contributed by atoms with Gasteiger partial charge in [0.2, 0.25) is 0 Å². The van der Waals surface area contributed by atoms with E-state index >= 15 is 0 Å². The number of phenols is 1. The van der Waals surface area contributed by atoms with Crippen LogP contribution in [0.15, 0.2) is 46.1 Å². The molecule has 0 spiro atoms. The number of hydrogen-bond acceptors (Lipinski definition) is 5. The molecule has 22 heavy (non-hydrogen) atoms. The molecule has 0 atom stereocenters. The summed E-state index contributed by atoms with van der Waals surface area (Å²) in [5.74, 6) is -0.154. The first-order valence-corrected chi connectivity index (χ1v) is 7.10. The number of rotatable bonds is 6. The number of furan rings is 1. The minimum atomic E-state index is -0.444. The first-order chi connectivity index (χ1) is 10.7. The van der Waals surface area contributed by atoms with Gasteiger partial charge in [0.1, 0.15) is 5.75 Å². The van der Waals surface area contributed by atoms with Crippen LogP contribution < -0.4 is 10.3 Å². The number of aromatic hydroxyl groups is 1. The zero-order valence-corrected chi connectivity index (χ0v) is 12.6. The summed E-state index contributed by atoms with van der Waals surface area (Å²) in [6, 6.07) is 8.51. The highest BCUT2D eigenvalue weighted by atomic mass is 16.3. The van der Waals surface area contributed by atoms with Crippen molar-refractivity contribution in [1.82, 2.24) is 5.43 Å². The van der Waals surface area contributed by atoms with Crippen molar-refractivity contribution in [2.24, 2.45) is 5.10 Å². The maximum absolute atomic E-state index is 11.6. The highest BCUT2D eigenvalue weighted by molar-refractivity contribution is 5.92. The maximum atomic E-state index is 11.6. The minimum Gasteiger partial charge on any atom is -0.507 e. The summed E-state index contributed by atoms with van der Waals surface area (Å²) in [4.78, 5) is 13.7. The average Bonchev–Trinajstić information content (AvgIpc) is 3.05. The van der Waals surface area contributed by atoms with Crippen LogP contribution in [0.25, 0.3) is 0 Å². The van der Waals surface area contributed by atoms with Crippen molar-refractivity contribution in [1.29, 1.82) is 0 Å². The van der Waals surface area contributed by atoms with Crippen LogP contribution in [-0.2, 0) is 0 Å². The summed E-state index contributed by atoms with van der Waals surface area (Å²) in [5, 5.41) is 13.8. The molecule has 6 heteroatoms. The van der Waals surface area contributed by atoms with Gasteiger partial charge in [0.25, 0.3) is 0 Å². The molecule has 2 aromatic rings. The Hall–Kier alpha value is -2.76. The second kappa shape index (κ2) is 7.31.